The molecular formula is C13H26O4. The molecule has 0 aromatic rings. The van der Waals surface area contributed by atoms with Crippen molar-refractivity contribution in [3.05, 3.63) is 0 Å². The summed E-state index contributed by atoms with van der Waals surface area (Å²) >= 11 is 0. The zero-order chi connectivity index (χ0) is 13.1. The number of rotatable bonds is 10. The van der Waals surface area contributed by atoms with Gasteiger partial charge in [-0.1, -0.05) is 32.6 Å². The molecule has 0 amide bonds. The van der Waals surface area contributed by atoms with Crippen molar-refractivity contribution in [1.29, 1.82) is 0 Å². The van der Waals surface area contributed by atoms with Crippen molar-refractivity contribution in [2.75, 3.05) is 7.11 Å². The largest absolute Gasteiger partial charge is 0.469 e. The van der Waals surface area contributed by atoms with Crippen molar-refractivity contribution in [1.82, 2.24) is 0 Å². The third-order valence-electron chi connectivity index (χ3n) is 2.84. The average Bonchev–Trinajstić information content (AvgIpc) is 2.27. The van der Waals surface area contributed by atoms with Gasteiger partial charge in [0.15, 0.2) is 5.79 Å². The Bertz CT molecular complexity index is 202. The summed E-state index contributed by atoms with van der Waals surface area (Å²) in [5.41, 5.74) is 0. The van der Waals surface area contributed by atoms with Crippen molar-refractivity contribution >= 4 is 5.97 Å². The van der Waals surface area contributed by atoms with Gasteiger partial charge in [0, 0.05) is 19.3 Å². The molecule has 2 N–H and O–H groups in total. The molecule has 4 heteroatoms. The summed E-state index contributed by atoms with van der Waals surface area (Å²) in [5, 5.41) is 19.0. The first-order valence-electron chi connectivity index (χ1n) is 6.53. The molecule has 0 unspecified atom stereocenters. The SMILES string of the molecule is CCCC(O)(O)CCCCCCCC(=O)OC. The maximum atomic E-state index is 10.8. The molecule has 0 radical (unpaired) electrons. The van der Waals surface area contributed by atoms with Crippen LogP contribution in [-0.2, 0) is 9.53 Å². The van der Waals surface area contributed by atoms with E-state index in [-0.39, 0.29) is 5.97 Å². The van der Waals surface area contributed by atoms with Crippen LogP contribution in [0.5, 0.6) is 0 Å². The molecular weight excluding hydrogens is 220 g/mol. The third kappa shape index (κ3) is 10.3. The zero-order valence-electron chi connectivity index (χ0n) is 11.1. The second-order valence-electron chi connectivity index (χ2n) is 4.58. The number of unbranched alkanes of at least 4 members (excludes halogenated alkanes) is 4. The Hall–Kier alpha value is -0.610. The fourth-order valence-corrected chi connectivity index (χ4v) is 1.84. The Labute approximate surface area is 104 Å². The summed E-state index contributed by atoms with van der Waals surface area (Å²) in [7, 11) is 1.40. The summed E-state index contributed by atoms with van der Waals surface area (Å²) in [6.45, 7) is 1.94. The minimum atomic E-state index is -1.49. The second kappa shape index (κ2) is 9.42. The van der Waals surface area contributed by atoms with E-state index in [1.165, 1.54) is 7.11 Å². The molecule has 0 aliphatic heterocycles. The van der Waals surface area contributed by atoms with Crippen molar-refractivity contribution in [2.24, 2.45) is 0 Å². The van der Waals surface area contributed by atoms with Crippen LogP contribution in [0.3, 0.4) is 0 Å². The van der Waals surface area contributed by atoms with Gasteiger partial charge >= 0.3 is 5.97 Å². The molecule has 102 valence electrons. The first-order chi connectivity index (χ1) is 8.02. The minimum Gasteiger partial charge on any atom is -0.469 e. The molecule has 4 nitrogen and oxygen atoms in total. The van der Waals surface area contributed by atoms with E-state index in [1.54, 1.807) is 0 Å². The molecule has 0 aliphatic carbocycles. The molecule has 0 aromatic carbocycles. The highest BCUT2D eigenvalue weighted by atomic mass is 16.5. The summed E-state index contributed by atoms with van der Waals surface area (Å²) in [6.07, 6.45) is 6.82. The standard InChI is InChI=1S/C13H26O4/c1-3-10-13(15,16)11-8-6-4-5-7-9-12(14)17-2/h15-16H,3-11H2,1-2H3. The van der Waals surface area contributed by atoms with E-state index in [0.717, 1.165) is 38.5 Å². The Kier molecular flexibility index (Phi) is 9.09. The van der Waals surface area contributed by atoms with E-state index in [2.05, 4.69) is 4.74 Å². The summed E-state index contributed by atoms with van der Waals surface area (Å²) in [4.78, 5) is 10.8. The fourth-order valence-electron chi connectivity index (χ4n) is 1.84. The number of carbonyl (C=O) groups excluding carboxylic acids is 1. The smallest absolute Gasteiger partial charge is 0.305 e. The van der Waals surface area contributed by atoms with E-state index in [4.69, 9.17) is 0 Å². The number of esters is 1. The van der Waals surface area contributed by atoms with Gasteiger partial charge in [-0.3, -0.25) is 4.79 Å². The average molecular weight is 246 g/mol. The lowest BCUT2D eigenvalue weighted by Gasteiger charge is -2.20. The Balaban J connectivity index is 3.32. The Morgan fingerprint density at radius 1 is 1.06 bits per heavy atom. The predicted molar refractivity (Wildman–Crippen MR) is 66.4 cm³/mol. The van der Waals surface area contributed by atoms with Crippen LogP contribution in [0.15, 0.2) is 0 Å². The molecule has 0 aliphatic rings. The Morgan fingerprint density at radius 2 is 1.65 bits per heavy atom. The van der Waals surface area contributed by atoms with Crippen molar-refractivity contribution in [3.63, 3.8) is 0 Å². The number of aliphatic hydroxyl groups is 2. The van der Waals surface area contributed by atoms with Crippen LogP contribution < -0.4 is 0 Å². The quantitative estimate of drug-likeness (QED) is 0.353. The lowest BCUT2D eigenvalue weighted by Crippen LogP contribution is -2.27. The van der Waals surface area contributed by atoms with Gasteiger partial charge in [-0.25, -0.2) is 0 Å². The van der Waals surface area contributed by atoms with Crippen LogP contribution in [0.4, 0.5) is 0 Å². The van der Waals surface area contributed by atoms with Crippen molar-refractivity contribution in [2.45, 2.75) is 70.5 Å². The van der Waals surface area contributed by atoms with Crippen LogP contribution in [0, 0.1) is 0 Å². The lowest BCUT2D eigenvalue weighted by molar-refractivity contribution is -0.171. The number of carbonyl (C=O) groups is 1. The number of hydrogen-bond acceptors (Lipinski definition) is 4. The molecule has 0 heterocycles. The van der Waals surface area contributed by atoms with Gasteiger partial charge in [0.2, 0.25) is 0 Å². The van der Waals surface area contributed by atoms with Gasteiger partial charge in [0.1, 0.15) is 0 Å². The van der Waals surface area contributed by atoms with Crippen LogP contribution in [0.25, 0.3) is 0 Å². The van der Waals surface area contributed by atoms with Crippen LogP contribution >= 0.6 is 0 Å². The molecule has 0 atom stereocenters. The molecule has 0 fully saturated rings. The van der Waals surface area contributed by atoms with Crippen molar-refractivity contribution in [3.8, 4) is 0 Å². The minimum absolute atomic E-state index is 0.155. The Morgan fingerprint density at radius 3 is 2.24 bits per heavy atom. The van der Waals surface area contributed by atoms with E-state index in [0.29, 0.717) is 19.3 Å². The van der Waals surface area contributed by atoms with Gasteiger partial charge in [-0.2, -0.15) is 0 Å². The van der Waals surface area contributed by atoms with Gasteiger partial charge < -0.3 is 14.9 Å². The monoisotopic (exact) mass is 246 g/mol. The number of ether oxygens (including phenoxy) is 1. The highest BCUT2D eigenvalue weighted by Gasteiger charge is 2.20. The van der Waals surface area contributed by atoms with E-state index < -0.39 is 5.79 Å². The normalized spacial score (nSPS) is 11.5. The highest BCUT2D eigenvalue weighted by Crippen LogP contribution is 2.18. The topological polar surface area (TPSA) is 66.8 Å². The number of methoxy groups -OCH3 is 1. The highest BCUT2D eigenvalue weighted by molar-refractivity contribution is 5.68. The molecule has 0 bridgehead atoms. The molecule has 0 aromatic heterocycles. The maximum absolute atomic E-state index is 10.8. The maximum Gasteiger partial charge on any atom is 0.305 e. The fraction of sp³-hybridized carbons (Fsp3) is 0.923. The van der Waals surface area contributed by atoms with Crippen LogP contribution in [-0.4, -0.2) is 29.1 Å². The first kappa shape index (κ1) is 16.4. The van der Waals surface area contributed by atoms with E-state index in [9.17, 15) is 15.0 Å². The summed E-state index contributed by atoms with van der Waals surface area (Å²) in [6, 6.07) is 0. The summed E-state index contributed by atoms with van der Waals surface area (Å²) < 4.78 is 4.54. The van der Waals surface area contributed by atoms with Gasteiger partial charge in [0.25, 0.3) is 0 Å². The van der Waals surface area contributed by atoms with Crippen LogP contribution in [0.1, 0.15) is 64.7 Å². The molecule has 0 saturated carbocycles. The van der Waals surface area contributed by atoms with Crippen LogP contribution in [0.2, 0.25) is 0 Å². The zero-order valence-corrected chi connectivity index (χ0v) is 11.1. The number of hydrogen-bond donors (Lipinski definition) is 2. The van der Waals surface area contributed by atoms with Gasteiger partial charge in [-0.15, -0.1) is 0 Å². The lowest BCUT2D eigenvalue weighted by atomic mass is 10.0. The van der Waals surface area contributed by atoms with E-state index in [1.807, 2.05) is 6.92 Å². The van der Waals surface area contributed by atoms with Crippen molar-refractivity contribution < 1.29 is 19.7 Å². The predicted octanol–water partition coefficient (Wildman–Crippen LogP) is 2.37. The molecule has 17 heavy (non-hydrogen) atoms. The van der Waals surface area contributed by atoms with Gasteiger partial charge in [0.05, 0.1) is 7.11 Å². The third-order valence-corrected chi connectivity index (χ3v) is 2.84. The second-order valence-corrected chi connectivity index (χ2v) is 4.58. The van der Waals surface area contributed by atoms with E-state index >= 15 is 0 Å². The first-order valence-corrected chi connectivity index (χ1v) is 6.53. The molecule has 0 saturated heterocycles. The molecule has 0 rings (SSSR count). The summed E-state index contributed by atoms with van der Waals surface area (Å²) in [5.74, 6) is -1.64. The molecule has 0 spiro atoms. The van der Waals surface area contributed by atoms with Gasteiger partial charge in [-0.05, 0) is 12.8 Å².